The number of hydrogen-bond acceptors (Lipinski definition) is 5. The molecule has 0 bridgehead atoms. The second-order valence-corrected chi connectivity index (χ2v) is 8.90. The fraction of sp³-hybridized carbons (Fsp3) is 0.409. The minimum Gasteiger partial charge on any atom is -0.356 e. The Kier molecular flexibility index (Phi) is 5.31. The Hall–Kier alpha value is -2.47. The van der Waals surface area contributed by atoms with Crippen LogP contribution in [0, 0.1) is 6.92 Å². The number of thiophene rings is 1. The van der Waals surface area contributed by atoms with Gasteiger partial charge in [0.1, 0.15) is 17.0 Å². The van der Waals surface area contributed by atoms with Gasteiger partial charge in [0.2, 0.25) is 0 Å². The summed E-state index contributed by atoms with van der Waals surface area (Å²) < 4.78 is 0. The van der Waals surface area contributed by atoms with E-state index in [9.17, 15) is 4.79 Å². The predicted octanol–water partition coefficient (Wildman–Crippen LogP) is 5.37. The van der Waals surface area contributed by atoms with Gasteiger partial charge in [-0.25, -0.2) is 9.97 Å². The van der Waals surface area contributed by atoms with Gasteiger partial charge in [-0.2, -0.15) is 0 Å². The summed E-state index contributed by atoms with van der Waals surface area (Å²) in [5, 5.41) is 3.99. The van der Waals surface area contributed by atoms with E-state index >= 15 is 0 Å². The lowest BCUT2D eigenvalue weighted by Crippen LogP contribution is -2.30. The van der Waals surface area contributed by atoms with Gasteiger partial charge in [0.05, 0.1) is 10.9 Å². The normalized spacial score (nSPS) is 14.6. The number of nitrogens with one attached hydrogen (secondary N) is 1. The van der Waals surface area contributed by atoms with E-state index in [1.807, 2.05) is 19.1 Å². The van der Waals surface area contributed by atoms with Crippen molar-refractivity contribution in [2.24, 2.45) is 0 Å². The number of hydrogen-bond donors (Lipinski definition) is 1. The molecule has 2 aromatic heterocycles. The van der Waals surface area contributed by atoms with Gasteiger partial charge in [-0.05, 0) is 49.8 Å². The standard InChI is InChI=1S/C22H26N4OS/c1-14(2)16-8-7-9-17(12-16)25-21(27)18-15(3)28-22-19(18)20(23-13-24-22)26-10-5-4-6-11-26/h7-9,12-14H,4-6,10-11H2,1-3H3,(H,25,27). The first-order chi connectivity index (χ1) is 13.5. The molecule has 1 aliphatic heterocycles. The number of carbonyl (C=O) groups excluding carboxylic acids is 1. The molecule has 28 heavy (non-hydrogen) atoms. The van der Waals surface area contributed by atoms with Gasteiger partial charge in [-0.1, -0.05) is 26.0 Å². The van der Waals surface area contributed by atoms with Crippen LogP contribution in [0.25, 0.3) is 10.2 Å². The number of amides is 1. The number of anilines is 2. The van der Waals surface area contributed by atoms with Crippen LogP contribution >= 0.6 is 11.3 Å². The summed E-state index contributed by atoms with van der Waals surface area (Å²) in [6, 6.07) is 8.07. The van der Waals surface area contributed by atoms with Crippen LogP contribution < -0.4 is 10.2 Å². The highest BCUT2D eigenvalue weighted by Crippen LogP contribution is 2.36. The van der Waals surface area contributed by atoms with E-state index in [0.717, 1.165) is 52.5 Å². The third-order valence-corrected chi connectivity index (χ3v) is 6.35. The molecule has 146 valence electrons. The molecule has 1 amide bonds. The molecule has 1 N–H and O–H groups in total. The highest BCUT2D eigenvalue weighted by Gasteiger charge is 2.24. The molecule has 0 radical (unpaired) electrons. The van der Waals surface area contributed by atoms with Crippen LogP contribution in [0.4, 0.5) is 11.5 Å². The van der Waals surface area contributed by atoms with Gasteiger partial charge >= 0.3 is 0 Å². The molecule has 1 fully saturated rings. The molecule has 4 rings (SSSR count). The second kappa shape index (κ2) is 7.87. The Balaban J connectivity index is 1.72. The highest BCUT2D eigenvalue weighted by molar-refractivity contribution is 7.19. The van der Waals surface area contributed by atoms with Crippen LogP contribution in [0.15, 0.2) is 30.6 Å². The molecule has 6 heteroatoms. The highest BCUT2D eigenvalue weighted by atomic mass is 32.1. The SMILES string of the molecule is Cc1sc2ncnc(N3CCCCC3)c2c1C(=O)Nc1cccc(C(C)C)c1. The third-order valence-electron chi connectivity index (χ3n) is 5.34. The lowest BCUT2D eigenvalue weighted by molar-refractivity contribution is 0.102. The molecule has 0 unspecified atom stereocenters. The second-order valence-electron chi connectivity index (χ2n) is 7.69. The van der Waals surface area contributed by atoms with Crippen molar-refractivity contribution >= 4 is 39.0 Å². The maximum Gasteiger partial charge on any atom is 0.257 e. The number of carbonyl (C=O) groups is 1. The molecular weight excluding hydrogens is 368 g/mol. The third kappa shape index (κ3) is 3.61. The molecule has 0 spiro atoms. The smallest absolute Gasteiger partial charge is 0.257 e. The van der Waals surface area contributed by atoms with Crippen molar-refractivity contribution in [1.82, 2.24) is 9.97 Å². The largest absolute Gasteiger partial charge is 0.356 e. The van der Waals surface area contributed by atoms with Gasteiger partial charge in [0, 0.05) is 23.7 Å². The van der Waals surface area contributed by atoms with E-state index in [0.29, 0.717) is 11.5 Å². The average molecular weight is 395 g/mol. The predicted molar refractivity (Wildman–Crippen MR) is 117 cm³/mol. The molecule has 0 atom stereocenters. The number of fused-ring (bicyclic) bond motifs is 1. The first-order valence-electron chi connectivity index (χ1n) is 9.95. The summed E-state index contributed by atoms with van der Waals surface area (Å²) in [6.07, 6.45) is 5.21. The Bertz CT molecular complexity index is 1000. The molecule has 0 aliphatic carbocycles. The fourth-order valence-electron chi connectivity index (χ4n) is 3.82. The monoisotopic (exact) mass is 394 g/mol. The fourth-order valence-corrected chi connectivity index (χ4v) is 4.80. The molecule has 3 heterocycles. The van der Waals surface area contributed by atoms with Crippen molar-refractivity contribution in [3.05, 3.63) is 46.6 Å². The minimum atomic E-state index is -0.0854. The summed E-state index contributed by atoms with van der Waals surface area (Å²) in [5.74, 6) is 1.23. The molecule has 5 nitrogen and oxygen atoms in total. The van der Waals surface area contributed by atoms with E-state index in [-0.39, 0.29) is 5.91 Å². The first kappa shape index (κ1) is 18.9. The summed E-state index contributed by atoms with van der Waals surface area (Å²) >= 11 is 1.57. The Morgan fingerprint density at radius 1 is 1.18 bits per heavy atom. The van der Waals surface area contributed by atoms with Crippen LogP contribution in [-0.2, 0) is 0 Å². The van der Waals surface area contributed by atoms with Gasteiger partial charge in [-0.15, -0.1) is 11.3 Å². The maximum absolute atomic E-state index is 13.2. The molecule has 3 aromatic rings. The van der Waals surface area contributed by atoms with Gasteiger partial charge in [0.25, 0.3) is 5.91 Å². The summed E-state index contributed by atoms with van der Waals surface area (Å²) in [7, 11) is 0. The maximum atomic E-state index is 13.2. The number of rotatable bonds is 4. The summed E-state index contributed by atoms with van der Waals surface area (Å²) in [4.78, 5) is 26.4. The van der Waals surface area contributed by atoms with E-state index < -0.39 is 0 Å². The van der Waals surface area contributed by atoms with Gasteiger partial charge in [0.15, 0.2) is 0 Å². The summed E-state index contributed by atoms with van der Waals surface area (Å²) in [6.45, 7) is 8.27. The van der Waals surface area contributed by atoms with Crippen molar-refractivity contribution in [3.8, 4) is 0 Å². The molecular formula is C22H26N4OS. The van der Waals surface area contributed by atoms with Crippen LogP contribution in [0.5, 0.6) is 0 Å². The lowest BCUT2D eigenvalue weighted by atomic mass is 10.0. The van der Waals surface area contributed by atoms with Gasteiger partial charge in [-0.3, -0.25) is 4.79 Å². The topological polar surface area (TPSA) is 58.1 Å². The van der Waals surface area contributed by atoms with Crippen molar-refractivity contribution < 1.29 is 4.79 Å². The van der Waals surface area contributed by atoms with Crippen molar-refractivity contribution in [2.45, 2.75) is 46.0 Å². The van der Waals surface area contributed by atoms with Crippen molar-refractivity contribution in [3.63, 3.8) is 0 Å². The molecule has 1 aromatic carbocycles. The van der Waals surface area contributed by atoms with E-state index in [4.69, 9.17) is 0 Å². The minimum absolute atomic E-state index is 0.0854. The van der Waals surface area contributed by atoms with E-state index in [2.05, 4.69) is 46.2 Å². The molecule has 1 saturated heterocycles. The number of benzene rings is 1. The van der Waals surface area contributed by atoms with Crippen LogP contribution in [0.3, 0.4) is 0 Å². The number of piperidine rings is 1. The van der Waals surface area contributed by atoms with Crippen LogP contribution in [0.2, 0.25) is 0 Å². The number of aromatic nitrogens is 2. The Morgan fingerprint density at radius 3 is 2.71 bits per heavy atom. The molecule has 0 saturated carbocycles. The zero-order valence-electron chi connectivity index (χ0n) is 16.7. The van der Waals surface area contributed by atoms with Crippen LogP contribution in [-0.4, -0.2) is 29.0 Å². The zero-order chi connectivity index (χ0) is 19.7. The average Bonchev–Trinajstić information content (AvgIpc) is 3.04. The Labute approximate surface area is 169 Å². The van der Waals surface area contributed by atoms with E-state index in [1.54, 1.807) is 17.7 Å². The quantitative estimate of drug-likeness (QED) is 0.647. The number of aryl methyl sites for hydroxylation is 1. The van der Waals surface area contributed by atoms with Gasteiger partial charge < -0.3 is 10.2 Å². The van der Waals surface area contributed by atoms with Crippen LogP contribution in [0.1, 0.15) is 59.8 Å². The molecule has 1 aliphatic rings. The zero-order valence-corrected chi connectivity index (χ0v) is 17.5. The first-order valence-corrected chi connectivity index (χ1v) is 10.8. The number of nitrogens with zero attached hydrogens (tertiary/aromatic N) is 3. The van der Waals surface area contributed by atoms with E-state index in [1.165, 1.54) is 12.0 Å². The lowest BCUT2D eigenvalue weighted by Gasteiger charge is -2.28. The Morgan fingerprint density at radius 2 is 1.96 bits per heavy atom. The summed E-state index contributed by atoms with van der Waals surface area (Å²) in [5.41, 5.74) is 2.74. The van der Waals surface area contributed by atoms with Crippen molar-refractivity contribution in [1.29, 1.82) is 0 Å². The van der Waals surface area contributed by atoms with Crippen molar-refractivity contribution in [2.75, 3.05) is 23.3 Å².